The molecule has 0 bridgehead atoms. The van der Waals surface area contributed by atoms with Gasteiger partial charge in [0, 0.05) is 25.7 Å². The van der Waals surface area contributed by atoms with Crippen LogP contribution in [0.2, 0.25) is 0 Å². The molecule has 1 aromatic rings. The average molecular weight is 394 g/mol. The van der Waals surface area contributed by atoms with Crippen LogP contribution in [0.3, 0.4) is 0 Å². The quantitative estimate of drug-likeness (QED) is 0.742. The Labute approximate surface area is 160 Å². The van der Waals surface area contributed by atoms with E-state index in [2.05, 4.69) is 10.6 Å². The standard InChI is InChI=1S/C19H27N3O4S/c23-18(19(24)21-16-6-2-1-3-7-16)20-14-15-8-10-17(11-9-15)27(25,26)22-12-4-5-13-22/h8-11,16H,1-7,12-14H2,(H,20,23)(H,21,24). The van der Waals surface area contributed by atoms with Crippen LogP contribution < -0.4 is 10.6 Å². The number of hydrogen-bond acceptors (Lipinski definition) is 4. The van der Waals surface area contributed by atoms with Crippen molar-refractivity contribution in [2.45, 2.75) is 62.4 Å². The van der Waals surface area contributed by atoms with Crippen molar-refractivity contribution in [1.82, 2.24) is 14.9 Å². The molecule has 27 heavy (non-hydrogen) atoms. The van der Waals surface area contributed by atoms with E-state index in [4.69, 9.17) is 0 Å². The Hall–Kier alpha value is -1.93. The fourth-order valence-corrected chi connectivity index (χ4v) is 5.13. The van der Waals surface area contributed by atoms with E-state index in [1.165, 1.54) is 10.7 Å². The molecule has 1 saturated carbocycles. The van der Waals surface area contributed by atoms with Crippen LogP contribution in [0.4, 0.5) is 0 Å². The third-order valence-corrected chi connectivity index (χ3v) is 7.14. The summed E-state index contributed by atoms with van der Waals surface area (Å²) in [4.78, 5) is 24.2. The smallest absolute Gasteiger partial charge is 0.309 e. The van der Waals surface area contributed by atoms with E-state index in [0.29, 0.717) is 13.1 Å². The maximum atomic E-state index is 12.5. The number of nitrogens with zero attached hydrogens (tertiary/aromatic N) is 1. The van der Waals surface area contributed by atoms with Crippen LogP contribution in [0.1, 0.15) is 50.5 Å². The normalized spacial score (nSPS) is 19.0. The highest BCUT2D eigenvalue weighted by molar-refractivity contribution is 7.89. The van der Waals surface area contributed by atoms with Crippen molar-refractivity contribution in [3.8, 4) is 0 Å². The second-order valence-electron chi connectivity index (χ2n) is 7.25. The fourth-order valence-electron chi connectivity index (χ4n) is 3.62. The molecule has 1 aliphatic carbocycles. The zero-order chi connectivity index (χ0) is 19.3. The largest absolute Gasteiger partial charge is 0.345 e. The monoisotopic (exact) mass is 393 g/mol. The molecule has 0 atom stereocenters. The average Bonchev–Trinajstić information content (AvgIpc) is 3.23. The Balaban J connectivity index is 1.50. The molecule has 1 heterocycles. The first kappa shape index (κ1) is 19.8. The molecule has 0 unspecified atom stereocenters. The lowest BCUT2D eigenvalue weighted by molar-refractivity contribution is -0.139. The molecule has 0 radical (unpaired) electrons. The van der Waals surface area contributed by atoms with Crippen molar-refractivity contribution in [3.05, 3.63) is 29.8 Å². The zero-order valence-electron chi connectivity index (χ0n) is 15.4. The second kappa shape index (κ2) is 8.84. The van der Waals surface area contributed by atoms with Crippen molar-refractivity contribution >= 4 is 21.8 Å². The number of benzene rings is 1. The lowest BCUT2D eigenvalue weighted by atomic mass is 9.95. The molecular weight excluding hydrogens is 366 g/mol. The van der Waals surface area contributed by atoms with Crippen LogP contribution in [0.25, 0.3) is 0 Å². The predicted molar refractivity (Wildman–Crippen MR) is 101 cm³/mol. The molecular formula is C19H27N3O4S. The van der Waals surface area contributed by atoms with Gasteiger partial charge in [0.1, 0.15) is 0 Å². The van der Waals surface area contributed by atoms with Gasteiger partial charge in [0.05, 0.1) is 4.90 Å². The second-order valence-corrected chi connectivity index (χ2v) is 9.18. The maximum absolute atomic E-state index is 12.5. The van der Waals surface area contributed by atoms with E-state index in [1.807, 2.05) is 0 Å². The number of rotatable bonds is 5. The van der Waals surface area contributed by atoms with Crippen molar-refractivity contribution in [2.24, 2.45) is 0 Å². The van der Waals surface area contributed by atoms with Crippen molar-refractivity contribution in [1.29, 1.82) is 0 Å². The van der Waals surface area contributed by atoms with Crippen LogP contribution >= 0.6 is 0 Å². The fraction of sp³-hybridized carbons (Fsp3) is 0.579. The van der Waals surface area contributed by atoms with Gasteiger partial charge in [-0.25, -0.2) is 8.42 Å². The van der Waals surface area contributed by atoms with Crippen LogP contribution in [-0.2, 0) is 26.2 Å². The summed E-state index contributed by atoms with van der Waals surface area (Å²) in [6.45, 7) is 1.31. The molecule has 148 valence electrons. The van der Waals surface area contributed by atoms with E-state index >= 15 is 0 Å². The van der Waals surface area contributed by atoms with E-state index in [0.717, 1.165) is 44.1 Å². The highest BCUT2D eigenvalue weighted by Crippen LogP contribution is 2.21. The topological polar surface area (TPSA) is 95.6 Å². The molecule has 1 saturated heterocycles. The molecule has 2 N–H and O–H groups in total. The van der Waals surface area contributed by atoms with Gasteiger partial charge in [-0.05, 0) is 43.4 Å². The lowest BCUT2D eigenvalue weighted by Gasteiger charge is -2.22. The minimum absolute atomic E-state index is 0.0899. The third kappa shape index (κ3) is 5.07. The Morgan fingerprint density at radius 3 is 2.19 bits per heavy atom. The summed E-state index contributed by atoms with van der Waals surface area (Å²) in [5.41, 5.74) is 0.745. The molecule has 2 fully saturated rings. The zero-order valence-corrected chi connectivity index (χ0v) is 16.3. The van der Waals surface area contributed by atoms with Gasteiger partial charge in [0.2, 0.25) is 10.0 Å². The van der Waals surface area contributed by atoms with Crippen molar-refractivity contribution in [3.63, 3.8) is 0 Å². The van der Waals surface area contributed by atoms with Gasteiger partial charge in [-0.15, -0.1) is 0 Å². The SMILES string of the molecule is O=C(NCc1ccc(S(=O)(=O)N2CCCC2)cc1)C(=O)NC1CCCCC1. The molecule has 2 amide bonds. The molecule has 0 spiro atoms. The van der Waals surface area contributed by atoms with Gasteiger partial charge in [0.15, 0.2) is 0 Å². The summed E-state index contributed by atoms with van der Waals surface area (Å²) >= 11 is 0. The van der Waals surface area contributed by atoms with Gasteiger partial charge in [-0.1, -0.05) is 31.4 Å². The molecule has 2 aliphatic rings. The molecule has 3 rings (SSSR count). The van der Waals surface area contributed by atoms with Gasteiger partial charge < -0.3 is 10.6 Å². The first-order valence-electron chi connectivity index (χ1n) is 9.64. The van der Waals surface area contributed by atoms with Crippen molar-refractivity contribution < 1.29 is 18.0 Å². The third-order valence-electron chi connectivity index (χ3n) is 5.23. The molecule has 1 aliphatic heterocycles. The maximum Gasteiger partial charge on any atom is 0.309 e. The van der Waals surface area contributed by atoms with Crippen molar-refractivity contribution in [2.75, 3.05) is 13.1 Å². The first-order valence-corrected chi connectivity index (χ1v) is 11.1. The van der Waals surface area contributed by atoms with Gasteiger partial charge in [0.25, 0.3) is 0 Å². The summed E-state index contributed by atoms with van der Waals surface area (Å²) in [6, 6.07) is 6.53. The Morgan fingerprint density at radius 1 is 0.926 bits per heavy atom. The minimum atomic E-state index is -3.43. The van der Waals surface area contributed by atoms with Crippen LogP contribution in [0.15, 0.2) is 29.2 Å². The highest BCUT2D eigenvalue weighted by Gasteiger charge is 2.27. The van der Waals surface area contributed by atoms with Gasteiger partial charge in [-0.2, -0.15) is 4.31 Å². The predicted octanol–water partition coefficient (Wildman–Crippen LogP) is 1.54. The minimum Gasteiger partial charge on any atom is -0.345 e. The highest BCUT2D eigenvalue weighted by atomic mass is 32.2. The first-order chi connectivity index (χ1) is 13.0. The lowest BCUT2D eigenvalue weighted by Crippen LogP contribution is -2.45. The molecule has 8 heteroatoms. The molecule has 0 aromatic heterocycles. The summed E-state index contributed by atoms with van der Waals surface area (Å²) in [7, 11) is -3.43. The van der Waals surface area contributed by atoms with Crippen LogP contribution in [0.5, 0.6) is 0 Å². The van der Waals surface area contributed by atoms with Crippen LogP contribution in [-0.4, -0.2) is 43.7 Å². The van der Waals surface area contributed by atoms with Gasteiger partial charge >= 0.3 is 11.8 Å². The summed E-state index contributed by atoms with van der Waals surface area (Å²) in [5, 5.41) is 5.37. The summed E-state index contributed by atoms with van der Waals surface area (Å²) < 4.78 is 26.5. The number of nitrogens with one attached hydrogen (secondary N) is 2. The Kier molecular flexibility index (Phi) is 6.49. The van der Waals surface area contributed by atoms with E-state index in [-0.39, 0.29) is 17.5 Å². The Bertz CT molecular complexity index is 765. The molecule has 7 nitrogen and oxygen atoms in total. The summed E-state index contributed by atoms with van der Waals surface area (Å²) in [6.07, 6.45) is 6.98. The van der Waals surface area contributed by atoms with Gasteiger partial charge in [-0.3, -0.25) is 9.59 Å². The number of sulfonamides is 1. The number of carbonyl (C=O) groups is 2. The summed E-state index contributed by atoms with van der Waals surface area (Å²) in [5.74, 6) is -1.26. The number of carbonyl (C=O) groups excluding carboxylic acids is 2. The van der Waals surface area contributed by atoms with E-state index in [9.17, 15) is 18.0 Å². The van der Waals surface area contributed by atoms with E-state index in [1.54, 1.807) is 24.3 Å². The molecule has 1 aromatic carbocycles. The number of hydrogen-bond donors (Lipinski definition) is 2. The Morgan fingerprint density at radius 2 is 1.56 bits per heavy atom. The van der Waals surface area contributed by atoms with E-state index < -0.39 is 21.8 Å². The van der Waals surface area contributed by atoms with Crippen LogP contribution in [0, 0.1) is 0 Å². The number of amides is 2.